The lowest BCUT2D eigenvalue weighted by Gasteiger charge is -2.21. The van der Waals surface area contributed by atoms with Gasteiger partial charge in [0.1, 0.15) is 12.3 Å². The van der Waals surface area contributed by atoms with Gasteiger partial charge in [-0.1, -0.05) is 12.1 Å². The molecule has 0 bridgehead atoms. The van der Waals surface area contributed by atoms with Crippen molar-refractivity contribution in [3.63, 3.8) is 0 Å². The largest absolute Gasteiger partial charge is 0.491 e. The highest BCUT2D eigenvalue weighted by Crippen LogP contribution is 2.30. The third kappa shape index (κ3) is 3.39. The van der Waals surface area contributed by atoms with E-state index in [-0.39, 0.29) is 30.9 Å². The molecule has 1 N–H and O–H groups in total. The summed E-state index contributed by atoms with van der Waals surface area (Å²) in [5, 5.41) is 2.85. The first-order valence-electron chi connectivity index (χ1n) is 7.64. The number of nitrogens with zero attached hydrogens (tertiary/aromatic N) is 1. The van der Waals surface area contributed by atoms with Crippen LogP contribution in [0.15, 0.2) is 24.3 Å². The minimum atomic E-state index is -0.180. The molecule has 0 aromatic heterocycles. The zero-order valence-corrected chi connectivity index (χ0v) is 12.4. The number of hydrogen-bond acceptors (Lipinski definition) is 4. The molecule has 0 saturated carbocycles. The molecule has 22 heavy (non-hydrogen) atoms. The summed E-state index contributed by atoms with van der Waals surface area (Å²) in [6.07, 6.45) is 2.38. The van der Waals surface area contributed by atoms with Gasteiger partial charge in [0.25, 0.3) is 0 Å². The lowest BCUT2D eigenvalue weighted by molar-refractivity contribution is -0.124. The number of carbonyl (C=O) groups excluding carboxylic acids is 2. The normalized spacial score (nSPS) is 21.0. The lowest BCUT2D eigenvalue weighted by Crippen LogP contribution is -2.42. The number of ether oxygens (including phenoxy) is 2. The zero-order valence-electron chi connectivity index (χ0n) is 12.4. The Kier molecular flexibility index (Phi) is 4.58. The van der Waals surface area contributed by atoms with E-state index in [0.29, 0.717) is 24.6 Å². The van der Waals surface area contributed by atoms with Gasteiger partial charge in [0.2, 0.25) is 11.8 Å². The Morgan fingerprint density at radius 2 is 2.18 bits per heavy atom. The van der Waals surface area contributed by atoms with Crippen molar-refractivity contribution in [3.05, 3.63) is 24.3 Å². The van der Waals surface area contributed by atoms with Crippen molar-refractivity contribution in [1.82, 2.24) is 5.32 Å². The predicted molar refractivity (Wildman–Crippen MR) is 80.9 cm³/mol. The molecule has 1 aromatic carbocycles. The summed E-state index contributed by atoms with van der Waals surface area (Å²) in [5.41, 5.74) is 0.650. The maximum Gasteiger partial charge on any atom is 0.240 e. The Bertz CT molecular complexity index is 555. The number of benzene rings is 1. The van der Waals surface area contributed by atoms with Gasteiger partial charge in [-0.25, -0.2) is 0 Å². The van der Waals surface area contributed by atoms with Gasteiger partial charge >= 0.3 is 0 Å². The number of anilines is 1. The van der Waals surface area contributed by atoms with Crippen molar-refractivity contribution in [1.29, 1.82) is 0 Å². The van der Waals surface area contributed by atoms with Gasteiger partial charge in [-0.2, -0.15) is 0 Å². The third-order valence-corrected chi connectivity index (χ3v) is 3.88. The number of nitrogens with one attached hydrogen (secondary N) is 1. The van der Waals surface area contributed by atoms with Crippen molar-refractivity contribution >= 4 is 17.5 Å². The van der Waals surface area contributed by atoms with Gasteiger partial charge in [-0.15, -0.1) is 0 Å². The van der Waals surface area contributed by atoms with Gasteiger partial charge in [-0.05, 0) is 25.0 Å². The number of carbonyl (C=O) groups is 2. The summed E-state index contributed by atoms with van der Waals surface area (Å²) in [6, 6.07) is 7.29. The standard InChI is InChI=1S/C16H20N2O4/c19-15(17-10-12-4-3-8-21-12)11-18-13-5-1-2-6-14(13)22-9-7-16(18)20/h1-2,5-6,12H,3-4,7-11H2,(H,17,19). The van der Waals surface area contributed by atoms with Gasteiger partial charge in [0, 0.05) is 13.2 Å². The van der Waals surface area contributed by atoms with E-state index in [0.717, 1.165) is 19.4 Å². The topological polar surface area (TPSA) is 67.9 Å². The van der Waals surface area contributed by atoms with Gasteiger partial charge in [0.15, 0.2) is 0 Å². The average Bonchev–Trinajstić information content (AvgIpc) is 2.99. The number of fused-ring (bicyclic) bond motifs is 1. The van der Waals surface area contributed by atoms with E-state index in [1.165, 1.54) is 4.90 Å². The molecule has 118 valence electrons. The molecule has 1 saturated heterocycles. The molecule has 2 amide bonds. The van der Waals surface area contributed by atoms with Crippen LogP contribution in [-0.2, 0) is 14.3 Å². The molecule has 1 atom stereocenters. The number of rotatable bonds is 4. The van der Waals surface area contributed by atoms with Gasteiger partial charge in [-0.3, -0.25) is 14.5 Å². The van der Waals surface area contributed by atoms with Gasteiger partial charge < -0.3 is 14.8 Å². The Balaban J connectivity index is 1.64. The lowest BCUT2D eigenvalue weighted by atomic mass is 10.2. The van der Waals surface area contributed by atoms with Crippen molar-refractivity contribution in [2.45, 2.75) is 25.4 Å². The van der Waals surface area contributed by atoms with Crippen molar-refractivity contribution in [2.75, 3.05) is 31.2 Å². The summed E-state index contributed by atoms with van der Waals surface area (Å²) in [5.74, 6) is 0.359. The second-order valence-electron chi connectivity index (χ2n) is 5.49. The van der Waals surface area contributed by atoms with Crippen LogP contribution < -0.4 is 15.0 Å². The van der Waals surface area contributed by atoms with Crippen LogP contribution in [0.5, 0.6) is 5.75 Å². The first-order valence-corrected chi connectivity index (χ1v) is 7.64. The molecule has 6 heteroatoms. The monoisotopic (exact) mass is 304 g/mol. The molecule has 1 aromatic rings. The van der Waals surface area contributed by atoms with E-state index in [1.807, 2.05) is 18.2 Å². The van der Waals surface area contributed by atoms with E-state index in [4.69, 9.17) is 9.47 Å². The Labute approximate surface area is 129 Å². The van der Waals surface area contributed by atoms with E-state index < -0.39 is 0 Å². The fourth-order valence-electron chi connectivity index (χ4n) is 2.73. The molecule has 0 spiro atoms. The Morgan fingerprint density at radius 3 is 3.00 bits per heavy atom. The van der Waals surface area contributed by atoms with Crippen molar-refractivity contribution < 1.29 is 19.1 Å². The zero-order chi connectivity index (χ0) is 15.4. The molecule has 1 fully saturated rings. The van der Waals surface area contributed by atoms with Crippen LogP contribution in [0.3, 0.4) is 0 Å². The van der Waals surface area contributed by atoms with Crippen LogP contribution in [0.25, 0.3) is 0 Å². The number of hydrogen-bond donors (Lipinski definition) is 1. The van der Waals surface area contributed by atoms with Crippen LogP contribution in [0.4, 0.5) is 5.69 Å². The smallest absolute Gasteiger partial charge is 0.240 e. The SMILES string of the molecule is O=C(CN1C(=O)CCOc2ccccc21)NCC1CCCO1. The molecule has 1 unspecified atom stereocenters. The molecule has 0 aliphatic carbocycles. The minimum absolute atomic E-state index is 0.00588. The van der Waals surface area contributed by atoms with Crippen molar-refractivity contribution in [2.24, 2.45) is 0 Å². The summed E-state index contributed by atoms with van der Waals surface area (Å²) in [6.45, 7) is 1.60. The third-order valence-electron chi connectivity index (χ3n) is 3.88. The van der Waals surface area contributed by atoms with E-state index in [2.05, 4.69) is 5.32 Å². The summed E-state index contributed by atoms with van der Waals surface area (Å²) in [7, 11) is 0. The second kappa shape index (κ2) is 6.79. The van der Waals surface area contributed by atoms with E-state index >= 15 is 0 Å². The molecular formula is C16H20N2O4. The maximum atomic E-state index is 12.2. The molecular weight excluding hydrogens is 284 g/mol. The Hall–Kier alpha value is -2.08. The molecule has 0 radical (unpaired) electrons. The number of amides is 2. The van der Waals surface area contributed by atoms with Gasteiger partial charge in [0.05, 0.1) is 24.8 Å². The first kappa shape index (κ1) is 14.8. The maximum absolute atomic E-state index is 12.2. The van der Waals surface area contributed by atoms with Crippen LogP contribution in [0, 0.1) is 0 Å². The Morgan fingerprint density at radius 1 is 1.32 bits per heavy atom. The quantitative estimate of drug-likeness (QED) is 0.904. The fraction of sp³-hybridized carbons (Fsp3) is 0.500. The highest BCUT2D eigenvalue weighted by Gasteiger charge is 2.25. The van der Waals surface area contributed by atoms with Crippen LogP contribution in [0.1, 0.15) is 19.3 Å². The van der Waals surface area contributed by atoms with Crippen LogP contribution in [-0.4, -0.2) is 44.2 Å². The van der Waals surface area contributed by atoms with E-state index in [1.54, 1.807) is 6.07 Å². The molecule has 6 nitrogen and oxygen atoms in total. The fourth-order valence-corrected chi connectivity index (χ4v) is 2.73. The molecule has 2 aliphatic heterocycles. The summed E-state index contributed by atoms with van der Waals surface area (Å²) >= 11 is 0. The first-order chi connectivity index (χ1) is 10.7. The van der Waals surface area contributed by atoms with Crippen LogP contribution in [0.2, 0.25) is 0 Å². The number of para-hydroxylation sites is 2. The highest BCUT2D eigenvalue weighted by molar-refractivity contribution is 6.00. The highest BCUT2D eigenvalue weighted by atomic mass is 16.5. The van der Waals surface area contributed by atoms with Crippen molar-refractivity contribution in [3.8, 4) is 5.75 Å². The summed E-state index contributed by atoms with van der Waals surface area (Å²) in [4.78, 5) is 25.8. The second-order valence-corrected chi connectivity index (χ2v) is 5.49. The molecule has 2 heterocycles. The van der Waals surface area contributed by atoms with Crippen LogP contribution >= 0.6 is 0 Å². The van der Waals surface area contributed by atoms with E-state index in [9.17, 15) is 9.59 Å². The molecule has 2 aliphatic rings. The minimum Gasteiger partial charge on any atom is -0.491 e. The average molecular weight is 304 g/mol. The molecule has 3 rings (SSSR count). The predicted octanol–water partition coefficient (Wildman–Crippen LogP) is 1.10. The summed E-state index contributed by atoms with van der Waals surface area (Å²) < 4.78 is 11.0.